The number of aromatic nitrogens is 1. The van der Waals surface area contributed by atoms with E-state index in [2.05, 4.69) is 16.9 Å². The Hall–Kier alpha value is -1.74. The van der Waals surface area contributed by atoms with E-state index in [0.717, 1.165) is 16.5 Å². The molecule has 2 aromatic rings. The Morgan fingerprint density at radius 2 is 2.35 bits per heavy atom. The quantitative estimate of drug-likeness (QED) is 0.803. The second-order valence-corrected chi connectivity index (χ2v) is 4.15. The SMILES string of the molecule is C=CCNC(=O)Cc1c[nH]c2cccc(Cl)c12. The lowest BCUT2D eigenvalue weighted by Gasteiger charge is -2.02. The number of nitrogens with one attached hydrogen (secondary N) is 2. The molecule has 0 aliphatic heterocycles. The molecule has 0 aliphatic rings. The zero-order valence-corrected chi connectivity index (χ0v) is 10.1. The van der Waals surface area contributed by atoms with E-state index in [1.807, 2.05) is 24.4 Å². The van der Waals surface area contributed by atoms with Crippen molar-refractivity contribution in [2.45, 2.75) is 6.42 Å². The van der Waals surface area contributed by atoms with Gasteiger partial charge in [-0.2, -0.15) is 0 Å². The molecule has 0 saturated heterocycles. The number of benzene rings is 1. The first-order valence-corrected chi connectivity index (χ1v) is 5.72. The first-order chi connectivity index (χ1) is 8.22. The monoisotopic (exact) mass is 248 g/mol. The Kier molecular flexibility index (Phi) is 3.49. The lowest BCUT2D eigenvalue weighted by Crippen LogP contribution is -2.24. The Bertz CT molecular complexity index is 560. The molecule has 0 aliphatic carbocycles. The molecule has 0 saturated carbocycles. The van der Waals surface area contributed by atoms with Gasteiger partial charge in [0.2, 0.25) is 5.91 Å². The maximum absolute atomic E-state index is 11.6. The van der Waals surface area contributed by atoms with Crippen molar-refractivity contribution < 1.29 is 4.79 Å². The Labute approximate surface area is 104 Å². The average Bonchev–Trinajstić information content (AvgIpc) is 2.71. The van der Waals surface area contributed by atoms with Crippen LogP contribution in [0.3, 0.4) is 0 Å². The minimum atomic E-state index is -0.0364. The molecule has 4 heteroatoms. The van der Waals surface area contributed by atoms with Gasteiger partial charge >= 0.3 is 0 Å². The molecular formula is C13H13ClN2O. The van der Waals surface area contributed by atoms with Crippen LogP contribution < -0.4 is 5.32 Å². The third-order valence-electron chi connectivity index (χ3n) is 2.53. The Morgan fingerprint density at radius 3 is 3.12 bits per heavy atom. The molecule has 0 atom stereocenters. The van der Waals surface area contributed by atoms with Crippen molar-refractivity contribution in [2.24, 2.45) is 0 Å². The number of rotatable bonds is 4. The van der Waals surface area contributed by atoms with Crippen LogP contribution in [0, 0.1) is 0 Å². The Balaban J connectivity index is 2.24. The molecule has 2 N–H and O–H groups in total. The topological polar surface area (TPSA) is 44.9 Å². The third-order valence-corrected chi connectivity index (χ3v) is 2.85. The predicted molar refractivity (Wildman–Crippen MR) is 70.2 cm³/mol. The normalized spacial score (nSPS) is 10.4. The van der Waals surface area contributed by atoms with E-state index < -0.39 is 0 Å². The largest absolute Gasteiger partial charge is 0.361 e. The maximum Gasteiger partial charge on any atom is 0.224 e. The van der Waals surface area contributed by atoms with E-state index in [-0.39, 0.29) is 5.91 Å². The lowest BCUT2D eigenvalue weighted by molar-refractivity contribution is -0.120. The highest BCUT2D eigenvalue weighted by atomic mass is 35.5. The van der Waals surface area contributed by atoms with Crippen molar-refractivity contribution in [1.29, 1.82) is 0 Å². The van der Waals surface area contributed by atoms with Crippen LogP contribution in [-0.2, 0) is 11.2 Å². The molecular weight excluding hydrogens is 236 g/mol. The van der Waals surface area contributed by atoms with Gasteiger partial charge in [0.05, 0.1) is 11.4 Å². The molecule has 1 amide bonds. The number of carbonyl (C=O) groups is 1. The molecule has 88 valence electrons. The van der Waals surface area contributed by atoms with Crippen LogP contribution in [0.5, 0.6) is 0 Å². The number of amides is 1. The van der Waals surface area contributed by atoms with Crippen molar-refractivity contribution in [1.82, 2.24) is 10.3 Å². The van der Waals surface area contributed by atoms with E-state index in [4.69, 9.17) is 11.6 Å². The Morgan fingerprint density at radius 1 is 1.53 bits per heavy atom. The van der Waals surface area contributed by atoms with Gasteiger partial charge in [-0.1, -0.05) is 23.7 Å². The number of hydrogen-bond donors (Lipinski definition) is 2. The van der Waals surface area contributed by atoms with Crippen molar-refractivity contribution in [2.75, 3.05) is 6.54 Å². The van der Waals surface area contributed by atoms with Crippen LogP contribution in [0.1, 0.15) is 5.56 Å². The molecule has 0 spiro atoms. The van der Waals surface area contributed by atoms with Gasteiger partial charge in [0.1, 0.15) is 0 Å². The summed E-state index contributed by atoms with van der Waals surface area (Å²) in [6.45, 7) is 4.03. The van der Waals surface area contributed by atoms with Gasteiger partial charge < -0.3 is 10.3 Å². The minimum absolute atomic E-state index is 0.0364. The van der Waals surface area contributed by atoms with Crippen molar-refractivity contribution in [3.63, 3.8) is 0 Å². The van der Waals surface area contributed by atoms with Crippen molar-refractivity contribution >= 4 is 28.4 Å². The number of H-pyrrole nitrogens is 1. The molecule has 0 fully saturated rings. The van der Waals surface area contributed by atoms with Gasteiger partial charge in [0.25, 0.3) is 0 Å². The molecule has 1 heterocycles. The molecule has 1 aromatic carbocycles. The molecule has 0 bridgehead atoms. The second-order valence-electron chi connectivity index (χ2n) is 3.75. The number of aromatic amines is 1. The lowest BCUT2D eigenvalue weighted by atomic mass is 10.1. The van der Waals surface area contributed by atoms with E-state index in [0.29, 0.717) is 18.0 Å². The minimum Gasteiger partial charge on any atom is -0.361 e. The molecule has 1 aromatic heterocycles. The van der Waals surface area contributed by atoms with Crippen LogP contribution in [-0.4, -0.2) is 17.4 Å². The number of hydrogen-bond acceptors (Lipinski definition) is 1. The zero-order chi connectivity index (χ0) is 12.3. The summed E-state index contributed by atoms with van der Waals surface area (Å²) in [6, 6.07) is 5.64. The fourth-order valence-corrected chi connectivity index (χ4v) is 2.06. The fourth-order valence-electron chi connectivity index (χ4n) is 1.77. The second kappa shape index (κ2) is 5.06. The van der Waals surface area contributed by atoms with Crippen LogP contribution in [0.2, 0.25) is 5.02 Å². The summed E-state index contributed by atoms with van der Waals surface area (Å²) in [5, 5.41) is 4.32. The first kappa shape index (κ1) is 11.7. The summed E-state index contributed by atoms with van der Waals surface area (Å²) < 4.78 is 0. The molecule has 0 unspecified atom stereocenters. The first-order valence-electron chi connectivity index (χ1n) is 5.34. The van der Waals surface area contributed by atoms with Gasteiger partial charge in [-0.05, 0) is 17.7 Å². The average molecular weight is 249 g/mol. The van der Waals surface area contributed by atoms with E-state index in [1.54, 1.807) is 6.08 Å². The molecule has 3 nitrogen and oxygen atoms in total. The van der Waals surface area contributed by atoms with Crippen LogP contribution in [0.4, 0.5) is 0 Å². The van der Waals surface area contributed by atoms with Gasteiger partial charge in [-0.25, -0.2) is 0 Å². The molecule has 2 rings (SSSR count). The summed E-state index contributed by atoms with van der Waals surface area (Å²) in [4.78, 5) is 14.7. The van der Waals surface area contributed by atoms with Gasteiger partial charge in [0, 0.05) is 23.6 Å². The maximum atomic E-state index is 11.6. The summed E-state index contributed by atoms with van der Waals surface area (Å²) >= 11 is 6.12. The van der Waals surface area contributed by atoms with E-state index in [1.165, 1.54) is 0 Å². The zero-order valence-electron chi connectivity index (χ0n) is 9.29. The fraction of sp³-hybridized carbons (Fsp3) is 0.154. The highest BCUT2D eigenvalue weighted by molar-refractivity contribution is 6.35. The highest BCUT2D eigenvalue weighted by Gasteiger charge is 2.10. The predicted octanol–water partition coefficient (Wildman–Crippen LogP) is 2.67. The standard InChI is InChI=1S/C13H13ClN2O/c1-2-6-15-12(17)7-9-8-16-11-5-3-4-10(14)13(9)11/h2-5,8,16H,1,6-7H2,(H,15,17). The summed E-state index contributed by atoms with van der Waals surface area (Å²) in [5.41, 5.74) is 1.86. The van der Waals surface area contributed by atoms with Crippen molar-refractivity contribution in [3.8, 4) is 0 Å². The third kappa shape index (κ3) is 2.50. The van der Waals surface area contributed by atoms with Crippen molar-refractivity contribution in [3.05, 3.63) is 47.6 Å². The van der Waals surface area contributed by atoms with Gasteiger partial charge in [0.15, 0.2) is 0 Å². The summed E-state index contributed by atoms with van der Waals surface area (Å²) in [7, 11) is 0. The van der Waals surface area contributed by atoms with E-state index >= 15 is 0 Å². The van der Waals surface area contributed by atoms with Gasteiger partial charge in [-0.15, -0.1) is 6.58 Å². The van der Waals surface area contributed by atoms with Crippen LogP contribution in [0.25, 0.3) is 10.9 Å². The number of halogens is 1. The van der Waals surface area contributed by atoms with Crippen LogP contribution in [0.15, 0.2) is 37.1 Å². The highest BCUT2D eigenvalue weighted by Crippen LogP contribution is 2.26. The van der Waals surface area contributed by atoms with Gasteiger partial charge in [-0.3, -0.25) is 4.79 Å². The summed E-state index contributed by atoms with van der Waals surface area (Å²) in [5.74, 6) is -0.0364. The molecule has 0 radical (unpaired) electrons. The summed E-state index contributed by atoms with van der Waals surface area (Å²) in [6.07, 6.45) is 3.79. The number of fused-ring (bicyclic) bond motifs is 1. The smallest absolute Gasteiger partial charge is 0.224 e. The number of carbonyl (C=O) groups excluding carboxylic acids is 1. The molecule has 17 heavy (non-hydrogen) atoms. The van der Waals surface area contributed by atoms with E-state index in [9.17, 15) is 4.79 Å². The van der Waals surface area contributed by atoms with Crippen LogP contribution >= 0.6 is 11.6 Å².